The van der Waals surface area contributed by atoms with Crippen molar-refractivity contribution in [1.82, 2.24) is 10.2 Å². The van der Waals surface area contributed by atoms with Gasteiger partial charge < -0.3 is 23.8 Å². The van der Waals surface area contributed by atoms with Crippen molar-refractivity contribution >= 4 is 11.8 Å². The molecule has 0 bridgehead atoms. The number of carbonyl (C=O) groups excluding carboxylic acids is 2. The Morgan fingerprint density at radius 3 is 2.81 bits per heavy atom. The van der Waals surface area contributed by atoms with E-state index in [1.165, 1.54) is 6.26 Å². The quantitative estimate of drug-likeness (QED) is 0.906. The zero-order chi connectivity index (χ0) is 18.1. The van der Waals surface area contributed by atoms with Crippen LogP contribution in [0.2, 0.25) is 0 Å². The minimum atomic E-state index is -0.475. The third kappa shape index (κ3) is 3.14. The first kappa shape index (κ1) is 16.9. The third-order valence-corrected chi connectivity index (χ3v) is 5.21. The first-order valence-electron chi connectivity index (χ1n) is 8.94. The van der Waals surface area contributed by atoms with E-state index < -0.39 is 6.10 Å². The van der Waals surface area contributed by atoms with Gasteiger partial charge in [-0.05, 0) is 44.4 Å². The van der Waals surface area contributed by atoms with Gasteiger partial charge in [-0.25, -0.2) is 0 Å². The summed E-state index contributed by atoms with van der Waals surface area (Å²) in [6, 6.07) is 5.33. The molecule has 2 aliphatic heterocycles. The van der Waals surface area contributed by atoms with Gasteiger partial charge in [-0.2, -0.15) is 0 Å². The number of hydrogen-bond acceptors (Lipinski definition) is 5. The van der Waals surface area contributed by atoms with Gasteiger partial charge in [-0.15, -0.1) is 0 Å². The zero-order valence-electron chi connectivity index (χ0n) is 14.6. The van der Waals surface area contributed by atoms with E-state index in [-0.39, 0.29) is 24.0 Å². The molecule has 26 heavy (non-hydrogen) atoms. The molecule has 2 aromatic heterocycles. The van der Waals surface area contributed by atoms with Gasteiger partial charge in [0.05, 0.1) is 36.8 Å². The highest BCUT2D eigenvalue weighted by Crippen LogP contribution is 2.33. The second kappa shape index (κ2) is 6.99. The fourth-order valence-corrected chi connectivity index (χ4v) is 3.83. The van der Waals surface area contributed by atoms with Gasteiger partial charge in [0.1, 0.15) is 17.6 Å². The average Bonchev–Trinajstić information content (AvgIpc) is 3.39. The summed E-state index contributed by atoms with van der Waals surface area (Å²) in [4.78, 5) is 27.0. The number of nitrogens with one attached hydrogen (secondary N) is 1. The maximum Gasteiger partial charge on any atom is 0.257 e. The van der Waals surface area contributed by atoms with Crippen molar-refractivity contribution in [3.05, 3.63) is 47.8 Å². The zero-order valence-corrected chi connectivity index (χ0v) is 14.6. The second-order valence-electron chi connectivity index (χ2n) is 6.78. The van der Waals surface area contributed by atoms with Crippen LogP contribution < -0.4 is 5.32 Å². The minimum Gasteiger partial charge on any atom is -0.469 e. The number of furan rings is 2. The molecule has 0 spiro atoms. The molecule has 0 saturated carbocycles. The van der Waals surface area contributed by atoms with Crippen LogP contribution in [0.5, 0.6) is 0 Å². The number of amides is 2. The van der Waals surface area contributed by atoms with E-state index in [4.69, 9.17) is 13.6 Å². The lowest BCUT2D eigenvalue weighted by molar-refractivity contribution is -0.143. The number of rotatable bonds is 4. The predicted molar refractivity (Wildman–Crippen MR) is 91.3 cm³/mol. The first-order chi connectivity index (χ1) is 12.6. The van der Waals surface area contributed by atoms with Gasteiger partial charge in [0, 0.05) is 6.54 Å². The summed E-state index contributed by atoms with van der Waals surface area (Å²) in [6.07, 6.45) is 4.64. The van der Waals surface area contributed by atoms with E-state index in [1.54, 1.807) is 25.3 Å². The highest BCUT2D eigenvalue weighted by molar-refractivity contribution is 5.95. The van der Waals surface area contributed by atoms with Gasteiger partial charge in [0.2, 0.25) is 5.91 Å². The molecule has 7 nitrogen and oxygen atoms in total. The largest absolute Gasteiger partial charge is 0.469 e. The Labute approximate surface area is 151 Å². The summed E-state index contributed by atoms with van der Waals surface area (Å²) in [5.74, 6) is 1.19. The SMILES string of the molecule is Cc1occc1C(=O)N1CC[C@H]2O[C@@H](C(=O)NCc3ccco3)CC[C@H]21. The average molecular weight is 358 g/mol. The van der Waals surface area contributed by atoms with Crippen molar-refractivity contribution in [2.24, 2.45) is 0 Å². The number of fused-ring (bicyclic) bond motifs is 1. The van der Waals surface area contributed by atoms with Crippen LogP contribution in [-0.4, -0.2) is 41.5 Å². The maximum absolute atomic E-state index is 12.8. The van der Waals surface area contributed by atoms with Crippen LogP contribution in [-0.2, 0) is 16.1 Å². The summed E-state index contributed by atoms with van der Waals surface area (Å²) in [6.45, 7) is 2.78. The summed E-state index contributed by atoms with van der Waals surface area (Å²) in [5.41, 5.74) is 0.601. The highest BCUT2D eigenvalue weighted by atomic mass is 16.5. The predicted octanol–water partition coefficient (Wildman–Crippen LogP) is 2.26. The van der Waals surface area contributed by atoms with Crippen LogP contribution in [0.1, 0.15) is 41.1 Å². The van der Waals surface area contributed by atoms with E-state index >= 15 is 0 Å². The molecular weight excluding hydrogens is 336 g/mol. The van der Waals surface area contributed by atoms with Gasteiger partial charge >= 0.3 is 0 Å². The lowest BCUT2D eigenvalue weighted by Gasteiger charge is -2.35. The molecule has 0 aromatic carbocycles. The Morgan fingerprint density at radius 2 is 2.08 bits per heavy atom. The van der Waals surface area contributed by atoms with Gasteiger partial charge in [0.25, 0.3) is 5.91 Å². The van der Waals surface area contributed by atoms with Gasteiger partial charge in [0.15, 0.2) is 0 Å². The Morgan fingerprint density at radius 1 is 1.19 bits per heavy atom. The minimum absolute atomic E-state index is 0.0194. The van der Waals surface area contributed by atoms with Crippen LogP contribution in [0.15, 0.2) is 39.6 Å². The van der Waals surface area contributed by atoms with Gasteiger partial charge in [-0.3, -0.25) is 9.59 Å². The Balaban J connectivity index is 1.35. The lowest BCUT2D eigenvalue weighted by Crippen LogP contribution is -2.49. The fraction of sp³-hybridized carbons (Fsp3) is 0.474. The maximum atomic E-state index is 12.8. The second-order valence-corrected chi connectivity index (χ2v) is 6.78. The first-order valence-corrected chi connectivity index (χ1v) is 8.94. The van der Waals surface area contributed by atoms with Crippen LogP contribution in [0.3, 0.4) is 0 Å². The molecule has 138 valence electrons. The summed E-state index contributed by atoms with van der Waals surface area (Å²) in [5, 5.41) is 2.85. The summed E-state index contributed by atoms with van der Waals surface area (Å²) in [7, 11) is 0. The molecule has 0 radical (unpaired) electrons. The molecule has 3 atom stereocenters. The monoisotopic (exact) mass is 358 g/mol. The van der Waals surface area contributed by atoms with E-state index in [0.29, 0.717) is 36.6 Å². The third-order valence-electron chi connectivity index (χ3n) is 5.21. The van der Waals surface area contributed by atoms with E-state index in [1.807, 2.05) is 11.0 Å². The smallest absolute Gasteiger partial charge is 0.257 e. The number of nitrogens with zero attached hydrogens (tertiary/aromatic N) is 1. The number of likely N-dealkylation sites (tertiary alicyclic amines) is 1. The highest BCUT2D eigenvalue weighted by Gasteiger charge is 2.44. The van der Waals surface area contributed by atoms with Crippen LogP contribution in [0.4, 0.5) is 0 Å². The number of aryl methyl sites for hydroxylation is 1. The van der Waals surface area contributed by atoms with Crippen molar-refractivity contribution < 1.29 is 23.2 Å². The Kier molecular flexibility index (Phi) is 4.55. The van der Waals surface area contributed by atoms with E-state index in [0.717, 1.165) is 12.8 Å². The molecule has 0 unspecified atom stereocenters. The van der Waals surface area contributed by atoms with Crippen LogP contribution in [0, 0.1) is 6.92 Å². The van der Waals surface area contributed by atoms with Gasteiger partial charge in [-0.1, -0.05) is 0 Å². The number of carbonyl (C=O) groups is 2. The number of ether oxygens (including phenoxy) is 1. The van der Waals surface area contributed by atoms with Crippen molar-refractivity contribution in [3.63, 3.8) is 0 Å². The van der Waals surface area contributed by atoms with Crippen LogP contribution in [0.25, 0.3) is 0 Å². The molecular formula is C19H22N2O5. The lowest BCUT2D eigenvalue weighted by atomic mass is 9.98. The molecule has 2 aromatic rings. The topological polar surface area (TPSA) is 84.9 Å². The summed E-state index contributed by atoms with van der Waals surface area (Å²) >= 11 is 0. The molecule has 4 heterocycles. The Bertz CT molecular complexity index is 782. The molecule has 7 heteroatoms. The molecule has 0 aliphatic carbocycles. The fourth-order valence-electron chi connectivity index (χ4n) is 3.83. The Hall–Kier alpha value is -2.54. The standard InChI is InChI=1S/C19H22N2O5/c1-12-14(7-10-24-12)19(23)21-8-6-16-15(21)4-5-17(26-16)18(22)20-11-13-3-2-9-25-13/h2-3,7,9-10,15-17H,4-6,8,11H2,1H3,(H,20,22)/t15-,16-,17-/m1/s1. The van der Waals surface area contributed by atoms with E-state index in [2.05, 4.69) is 5.32 Å². The molecule has 4 rings (SSSR count). The summed E-state index contributed by atoms with van der Waals surface area (Å²) < 4.78 is 16.5. The van der Waals surface area contributed by atoms with Crippen molar-refractivity contribution in [3.8, 4) is 0 Å². The molecule has 2 fully saturated rings. The molecule has 2 saturated heterocycles. The molecule has 2 amide bonds. The van der Waals surface area contributed by atoms with Crippen LogP contribution >= 0.6 is 0 Å². The number of hydrogen-bond donors (Lipinski definition) is 1. The molecule has 2 aliphatic rings. The van der Waals surface area contributed by atoms with Crippen molar-refractivity contribution in [2.45, 2.75) is 51.0 Å². The van der Waals surface area contributed by atoms with E-state index in [9.17, 15) is 9.59 Å². The van der Waals surface area contributed by atoms with Crippen molar-refractivity contribution in [2.75, 3.05) is 6.54 Å². The van der Waals surface area contributed by atoms with Crippen molar-refractivity contribution in [1.29, 1.82) is 0 Å². The molecule has 1 N–H and O–H groups in total. The normalized spacial score (nSPS) is 25.1.